The SMILES string of the molecule is CC1(C)c2ccccc2-c2cc(-c3ccc(-c4ccccc4)c(-c4cccc(-c5cc(-c6ccccc6)nc(-c6ccccc6)n5)c4)c3)ccc21. The summed E-state index contributed by atoms with van der Waals surface area (Å²) in [6.45, 7) is 4.67. The molecule has 8 aromatic rings. The van der Waals surface area contributed by atoms with Gasteiger partial charge < -0.3 is 0 Å². The highest BCUT2D eigenvalue weighted by Crippen LogP contribution is 2.50. The van der Waals surface area contributed by atoms with Gasteiger partial charge in [-0.25, -0.2) is 9.97 Å². The second kappa shape index (κ2) is 12.5. The minimum Gasteiger partial charge on any atom is -0.228 e. The van der Waals surface area contributed by atoms with Crippen LogP contribution in [0.4, 0.5) is 0 Å². The molecule has 2 heteroatoms. The van der Waals surface area contributed by atoms with Crippen molar-refractivity contribution in [3.05, 3.63) is 193 Å². The van der Waals surface area contributed by atoms with Crippen LogP contribution in [0.5, 0.6) is 0 Å². The summed E-state index contributed by atoms with van der Waals surface area (Å²) in [4.78, 5) is 10.1. The molecule has 1 heterocycles. The molecule has 0 fully saturated rings. The standard InChI is InChI=1S/C49H36N2/c1-49(2)44-24-13-12-23-41(44)43-31-37(26-28-45(43)49)36-25-27-40(33-15-6-3-7-16-33)42(30-36)38-21-14-22-39(29-38)47-32-46(34-17-8-4-9-18-34)50-48(51-47)35-19-10-5-11-20-35/h3-32H,1-2H3. The van der Waals surface area contributed by atoms with Gasteiger partial charge in [0.2, 0.25) is 0 Å². The molecule has 242 valence electrons. The van der Waals surface area contributed by atoms with Crippen molar-refractivity contribution in [1.82, 2.24) is 9.97 Å². The average molecular weight is 653 g/mol. The van der Waals surface area contributed by atoms with Crippen molar-refractivity contribution in [2.75, 3.05) is 0 Å². The monoisotopic (exact) mass is 652 g/mol. The molecule has 0 atom stereocenters. The average Bonchev–Trinajstić information content (AvgIpc) is 3.44. The number of hydrogen-bond donors (Lipinski definition) is 0. The van der Waals surface area contributed by atoms with Crippen molar-refractivity contribution in [2.45, 2.75) is 19.3 Å². The molecule has 0 amide bonds. The highest BCUT2D eigenvalue weighted by Gasteiger charge is 2.35. The smallest absolute Gasteiger partial charge is 0.160 e. The molecule has 9 rings (SSSR count). The lowest BCUT2D eigenvalue weighted by atomic mass is 9.82. The van der Waals surface area contributed by atoms with E-state index in [1.165, 1.54) is 50.1 Å². The molecule has 0 spiro atoms. The minimum atomic E-state index is -0.0189. The lowest BCUT2D eigenvalue weighted by molar-refractivity contribution is 0.660. The molecule has 0 unspecified atom stereocenters. The van der Waals surface area contributed by atoms with E-state index in [1.54, 1.807) is 0 Å². The van der Waals surface area contributed by atoms with Gasteiger partial charge in [-0.3, -0.25) is 0 Å². The zero-order chi connectivity index (χ0) is 34.4. The maximum atomic E-state index is 5.13. The zero-order valence-electron chi connectivity index (χ0n) is 28.7. The van der Waals surface area contributed by atoms with Crippen LogP contribution in [-0.2, 0) is 5.41 Å². The fraction of sp³-hybridized carbons (Fsp3) is 0.0612. The molecule has 0 N–H and O–H groups in total. The molecule has 1 aromatic heterocycles. The van der Waals surface area contributed by atoms with Crippen molar-refractivity contribution in [3.8, 4) is 78.4 Å². The van der Waals surface area contributed by atoms with Gasteiger partial charge in [0.25, 0.3) is 0 Å². The van der Waals surface area contributed by atoms with Gasteiger partial charge in [0.15, 0.2) is 5.82 Å². The highest BCUT2D eigenvalue weighted by molar-refractivity contribution is 5.90. The van der Waals surface area contributed by atoms with Crippen LogP contribution >= 0.6 is 0 Å². The zero-order valence-corrected chi connectivity index (χ0v) is 28.7. The van der Waals surface area contributed by atoms with Gasteiger partial charge >= 0.3 is 0 Å². The summed E-state index contributed by atoms with van der Waals surface area (Å²) in [5.74, 6) is 0.714. The van der Waals surface area contributed by atoms with Crippen LogP contribution in [0.15, 0.2) is 182 Å². The normalized spacial score (nSPS) is 12.7. The Labute approximate surface area is 299 Å². The van der Waals surface area contributed by atoms with Crippen molar-refractivity contribution in [3.63, 3.8) is 0 Å². The summed E-state index contributed by atoms with van der Waals surface area (Å²) in [5, 5.41) is 0. The fourth-order valence-electron chi connectivity index (χ4n) is 7.65. The Hall–Kier alpha value is -6.38. The first-order chi connectivity index (χ1) is 25.0. The van der Waals surface area contributed by atoms with Gasteiger partial charge in [0, 0.05) is 22.1 Å². The maximum absolute atomic E-state index is 5.13. The number of hydrogen-bond acceptors (Lipinski definition) is 2. The molecule has 2 nitrogen and oxygen atoms in total. The predicted octanol–water partition coefficient (Wildman–Crippen LogP) is 12.8. The Morgan fingerprint density at radius 2 is 0.843 bits per heavy atom. The van der Waals surface area contributed by atoms with Crippen molar-refractivity contribution in [2.24, 2.45) is 0 Å². The van der Waals surface area contributed by atoms with Crippen LogP contribution in [0.1, 0.15) is 25.0 Å². The van der Waals surface area contributed by atoms with Gasteiger partial charge in [0.1, 0.15) is 0 Å². The number of fused-ring (bicyclic) bond motifs is 3. The molecule has 0 aliphatic heterocycles. The van der Waals surface area contributed by atoms with Gasteiger partial charge in [-0.1, -0.05) is 172 Å². The number of benzene rings is 7. The largest absolute Gasteiger partial charge is 0.228 e. The van der Waals surface area contributed by atoms with E-state index in [2.05, 4.69) is 172 Å². The second-order valence-corrected chi connectivity index (χ2v) is 13.8. The lowest BCUT2D eigenvalue weighted by Crippen LogP contribution is -2.14. The third-order valence-corrected chi connectivity index (χ3v) is 10.3. The Balaban J connectivity index is 1.19. The van der Waals surface area contributed by atoms with Gasteiger partial charge in [-0.2, -0.15) is 0 Å². The van der Waals surface area contributed by atoms with E-state index in [0.29, 0.717) is 5.82 Å². The number of nitrogens with zero attached hydrogens (tertiary/aromatic N) is 2. The van der Waals surface area contributed by atoms with E-state index in [1.807, 2.05) is 24.3 Å². The highest BCUT2D eigenvalue weighted by atomic mass is 14.9. The summed E-state index contributed by atoms with van der Waals surface area (Å²) in [5.41, 5.74) is 17.4. The van der Waals surface area contributed by atoms with Crippen molar-refractivity contribution >= 4 is 0 Å². The molecule has 7 aromatic carbocycles. The third-order valence-electron chi connectivity index (χ3n) is 10.3. The summed E-state index contributed by atoms with van der Waals surface area (Å²) in [6.07, 6.45) is 0. The van der Waals surface area contributed by atoms with Crippen LogP contribution in [0.25, 0.3) is 78.4 Å². The fourth-order valence-corrected chi connectivity index (χ4v) is 7.65. The second-order valence-electron chi connectivity index (χ2n) is 13.8. The van der Waals surface area contributed by atoms with Gasteiger partial charge in [-0.05, 0) is 79.9 Å². The first-order valence-corrected chi connectivity index (χ1v) is 17.6. The van der Waals surface area contributed by atoms with E-state index in [0.717, 1.165) is 33.6 Å². The van der Waals surface area contributed by atoms with Crippen LogP contribution in [0, 0.1) is 0 Å². The van der Waals surface area contributed by atoms with E-state index >= 15 is 0 Å². The van der Waals surface area contributed by atoms with E-state index in [9.17, 15) is 0 Å². The molecular formula is C49H36N2. The summed E-state index contributed by atoms with van der Waals surface area (Å²) < 4.78 is 0. The Morgan fingerprint density at radius 3 is 1.57 bits per heavy atom. The molecule has 0 saturated carbocycles. The molecule has 0 bridgehead atoms. The Bertz CT molecular complexity index is 2480. The van der Waals surface area contributed by atoms with Crippen molar-refractivity contribution in [1.29, 1.82) is 0 Å². The lowest BCUT2D eigenvalue weighted by Gasteiger charge is -2.21. The molecule has 0 radical (unpaired) electrons. The van der Waals surface area contributed by atoms with Gasteiger partial charge in [-0.15, -0.1) is 0 Å². The minimum absolute atomic E-state index is 0.0189. The van der Waals surface area contributed by atoms with Crippen LogP contribution < -0.4 is 0 Å². The summed E-state index contributed by atoms with van der Waals surface area (Å²) >= 11 is 0. The van der Waals surface area contributed by atoms with Crippen LogP contribution in [0.3, 0.4) is 0 Å². The third kappa shape index (κ3) is 5.56. The number of aromatic nitrogens is 2. The van der Waals surface area contributed by atoms with E-state index in [-0.39, 0.29) is 5.41 Å². The predicted molar refractivity (Wildman–Crippen MR) is 212 cm³/mol. The van der Waals surface area contributed by atoms with E-state index in [4.69, 9.17) is 9.97 Å². The maximum Gasteiger partial charge on any atom is 0.160 e. The molecular weight excluding hydrogens is 617 g/mol. The van der Waals surface area contributed by atoms with Crippen molar-refractivity contribution < 1.29 is 0 Å². The Morgan fingerprint density at radius 1 is 0.314 bits per heavy atom. The topological polar surface area (TPSA) is 25.8 Å². The number of rotatable bonds is 6. The quantitative estimate of drug-likeness (QED) is 0.179. The van der Waals surface area contributed by atoms with Crippen LogP contribution in [-0.4, -0.2) is 9.97 Å². The molecule has 0 saturated heterocycles. The molecule has 1 aliphatic rings. The van der Waals surface area contributed by atoms with E-state index < -0.39 is 0 Å². The van der Waals surface area contributed by atoms with Gasteiger partial charge in [0.05, 0.1) is 11.4 Å². The summed E-state index contributed by atoms with van der Waals surface area (Å²) in [6, 6.07) is 64.9. The van der Waals surface area contributed by atoms with Crippen LogP contribution in [0.2, 0.25) is 0 Å². The first kappa shape index (κ1) is 30.7. The first-order valence-electron chi connectivity index (χ1n) is 17.6. The summed E-state index contributed by atoms with van der Waals surface area (Å²) in [7, 11) is 0. The molecule has 51 heavy (non-hydrogen) atoms. The molecule has 1 aliphatic carbocycles. The Kier molecular flexibility index (Phi) is 7.51.